The number of carbonyl (C=O) groups is 1. The molecular formula is C27H31F3N2O3. The summed E-state index contributed by atoms with van der Waals surface area (Å²) < 4.78 is 48.0. The molecule has 8 heteroatoms. The number of rotatable bonds is 5. The molecule has 2 aromatic rings. The highest BCUT2D eigenvalue weighted by Crippen LogP contribution is 2.53. The van der Waals surface area contributed by atoms with Gasteiger partial charge in [0.15, 0.2) is 5.92 Å². The molecule has 1 spiro atoms. The van der Waals surface area contributed by atoms with Crippen molar-refractivity contribution in [3.8, 4) is 11.5 Å². The van der Waals surface area contributed by atoms with Gasteiger partial charge in [-0.05, 0) is 61.8 Å². The standard InChI is InChI=1S/C27H31F3N2O3/c28-27(29,30)24(18-5-2-1-3-6-18)25(34)32-15-12-26(13-16-32)11-14-31-17-20(26)23-21(33)7-4-8-22(23)35-19-9-10-19/h1-8,19-20,24,31,33H,9-17H2. The van der Waals surface area contributed by atoms with Gasteiger partial charge in [0.05, 0.1) is 6.10 Å². The van der Waals surface area contributed by atoms with Gasteiger partial charge in [-0.1, -0.05) is 36.4 Å². The Hall–Kier alpha value is -2.74. The molecule has 1 saturated carbocycles. The number of carbonyl (C=O) groups excluding carboxylic acids is 1. The Bertz CT molecular complexity index is 1050. The van der Waals surface area contributed by atoms with Crippen LogP contribution in [0.5, 0.6) is 11.5 Å². The zero-order chi connectivity index (χ0) is 24.6. The van der Waals surface area contributed by atoms with Crippen LogP contribution in [0.3, 0.4) is 0 Å². The van der Waals surface area contributed by atoms with Gasteiger partial charge in [-0.2, -0.15) is 13.2 Å². The number of benzene rings is 2. The lowest BCUT2D eigenvalue weighted by molar-refractivity contribution is -0.173. The molecule has 2 saturated heterocycles. The summed E-state index contributed by atoms with van der Waals surface area (Å²) in [6.07, 6.45) is -0.471. The second-order valence-electron chi connectivity index (χ2n) is 10.1. The van der Waals surface area contributed by atoms with Crippen molar-refractivity contribution in [1.29, 1.82) is 0 Å². The van der Waals surface area contributed by atoms with Crippen LogP contribution in [0.2, 0.25) is 0 Å². The number of alkyl halides is 3. The number of amides is 1. The summed E-state index contributed by atoms with van der Waals surface area (Å²) in [5, 5.41) is 14.2. The Morgan fingerprint density at radius 2 is 1.77 bits per heavy atom. The molecule has 0 aromatic heterocycles. The Morgan fingerprint density at radius 3 is 2.43 bits per heavy atom. The molecule has 5 rings (SSSR count). The van der Waals surface area contributed by atoms with Crippen LogP contribution in [0.25, 0.3) is 0 Å². The molecule has 188 valence electrons. The number of likely N-dealkylation sites (tertiary alicyclic amines) is 1. The monoisotopic (exact) mass is 488 g/mol. The molecular weight excluding hydrogens is 457 g/mol. The molecule has 2 aromatic carbocycles. The lowest BCUT2D eigenvalue weighted by Crippen LogP contribution is -2.52. The summed E-state index contributed by atoms with van der Waals surface area (Å²) in [7, 11) is 0. The maximum atomic E-state index is 13.9. The van der Waals surface area contributed by atoms with Crippen LogP contribution in [0.4, 0.5) is 13.2 Å². The number of nitrogens with zero attached hydrogens (tertiary/aromatic N) is 1. The highest BCUT2D eigenvalue weighted by Gasteiger charge is 2.51. The second-order valence-corrected chi connectivity index (χ2v) is 10.1. The molecule has 1 amide bonds. The van der Waals surface area contributed by atoms with E-state index in [1.807, 2.05) is 6.07 Å². The van der Waals surface area contributed by atoms with Crippen LogP contribution in [0.15, 0.2) is 48.5 Å². The summed E-state index contributed by atoms with van der Waals surface area (Å²) in [6, 6.07) is 12.8. The number of phenols is 1. The smallest absolute Gasteiger partial charge is 0.404 e. The first kappa shape index (κ1) is 24.0. The minimum absolute atomic E-state index is 0.0268. The number of phenolic OH excluding ortho intramolecular Hbond substituents is 1. The molecule has 2 aliphatic heterocycles. The first-order valence-corrected chi connectivity index (χ1v) is 12.4. The van der Waals surface area contributed by atoms with Gasteiger partial charge in [0.25, 0.3) is 0 Å². The number of aromatic hydroxyl groups is 1. The zero-order valence-corrected chi connectivity index (χ0v) is 19.6. The van der Waals surface area contributed by atoms with E-state index >= 15 is 0 Å². The van der Waals surface area contributed by atoms with Crippen molar-refractivity contribution in [2.75, 3.05) is 26.2 Å². The summed E-state index contributed by atoms with van der Waals surface area (Å²) in [5.74, 6) is -2.20. The lowest BCUT2D eigenvalue weighted by Gasteiger charge is -2.50. The third-order valence-corrected chi connectivity index (χ3v) is 7.87. The molecule has 0 radical (unpaired) electrons. The molecule has 2 heterocycles. The Balaban J connectivity index is 1.38. The van der Waals surface area contributed by atoms with Crippen molar-refractivity contribution in [2.45, 2.75) is 56.2 Å². The van der Waals surface area contributed by atoms with Gasteiger partial charge in [0, 0.05) is 31.1 Å². The molecule has 3 fully saturated rings. The van der Waals surface area contributed by atoms with Crippen molar-refractivity contribution in [1.82, 2.24) is 10.2 Å². The summed E-state index contributed by atoms with van der Waals surface area (Å²) in [4.78, 5) is 14.5. The fourth-order valence-electron chi connectivity index (χ4n) is 5.80. The molecule has 1 aliphatic carbocycles. The zero-order valence-electron chi connectivity index (χ0n) is 19.6. The third kappa shape index (κ3) is 4.85. The van der Waals surface area contributed by atoms with Crippen LogP contribution >= 0.6 is 0 Å². The number of ether oxygens (including phenoxy) is 1. The fraction of sp³-hybridized carbons (Fsp3) is 0.519. The largest absolute Gasteiger partial charge is 0.508 e. The summed E-state index contributed by atoms with van der Waals surface area (Å²) in [5.41, 5.74) is 0.535. The molecule has 2 unspecified atom stereocenters. The van der Waals surface area contributed by atoms with E-state index < -0.39 is 18.0 Å². The van der Waals surface area contributed by atoms with Crippen LogP contribution in [0.1, 0.15) is 55.1 Å². The molecule has 2 atom stereocenters. The van der Waals surface area contributed by atoms with Crippen LogP contribution in [0, 0.1) is 5.41 Å². The van der Waals surface area contributed by atoms with Crippen molar-refractivity contribution in [3.05, 3.63) is 59.7 Å². The van der Waals surface area contributed by atoms with Gasteiger partial charge in [0.1, 0.15) is 11.5 Å². The van der Waals surface area contributed by atoms with E-state index in [4.69, 9.17) is 4.74 Å². The molecule has 2 N–H and O–H groups in total. The average Bonchev–Trinajstić information content (AvgIpc) is 3.65. The van der Waals surface area contributed by atoms with E-state index in [0.29, 0.717) is 25.1 Å². The second kappa shape index (κ2) is 9.37. The summed E-state index contributed by atoms with van der Waals surface area (Å²) >= 11 is 0. The highest BCUT2D eigenvalue weighted by molar-refractivity contribution is 5.84. The van der Waals surface area contributed by atoms with Crippen LogP contribution < -0.4 is 10.1 Å². The minimum Gasteiger partial charge on any atom is -0.508 e. The van der Waals surface area contributed by atoms with Gasteiger partial charge < -0.3 is 20.1 Å². The van der Waals surface area contributed by atoms with E-state index in [-0.39, 0.29) is 41.8 Å². The predicted octanol–water partition coefficient (Wildman–Crippen LogP) is 4.97. The van der Waals surface area contributed by atoms with Gasteiger partial charge in [-0.3, -0.25) is 4.79 Å². The maximum Gasteiger partial charge on any atom is 0.404 e. The average molecular weight is 489 g/mol. The fourth-order valence-corrected chi connectivity index (χ4v) is 5.80. The number of hydrogen-bond donors (Lipinski definition) is 2. The number of hydrogen-bond acceptors (Lipinski definition) is 4. The molecule has 0 bridgehead atoms. The molecule has 3 aliphatic rings. The van der Waals surface area contributed by atoms with E-state index in [1.54, 1.807) is 18.2 Å². The van der Waals surface area contributed by atoms with Crippen molar-refractivity contribution < 1.29 is 27.8 Å². The maximum absolute atomic E-state index is 13.9. The van der Waals surface area contributed by atoms with Crippen molar-refractivity contribution in [2.24, 2.45) is 5.41 Å². The number of nitrogens with one attached hydrogen (secondary N) is 1. The van der Waals surface area contributed by atoms with E-state index in [1.165, 1.54) is 29.2 Å². The summed E-state index contributed by atoms with van der Waals surface area (Å²) in [6.45, 7) is 1.98. The van der Waals surface area contributed by atoms with Gasteiger partial charge in [-0.25, -0.2) is 0 Å². The van der Waals surface area contributed by atoms with E-state index in [2.05, 4.69) is 5.32 Å². The normalized spacial score (nSPS) is 23.2. The molecule has 35 heavy (non-hydrogen) atoms. The minimum atomic E-state index is -4.66. The quantitative estimate of drug-likeness (QED) is 0.624. The Morgan fingerprint density at radius 1 is 1.06 bits per heavy atom. The lowest BCUT2D eigenvalue weighted by atomic mass is 9.62. The van der Waals surface area contributed by atoms with Crippen LogP contribution in [-0.2, 0) is 4.79 Å². The van der Waals surface area contributed by atoms with Gasteiger partial charge in [-0.15, -0.1) is 0 Å². The number of halogens is 3. The van der Waals surface area contributed by atoms with Gasteiger partial charge >= 0.3 is 6.18 Å². The first-order valence-electron chi connectivity index (χ1n) is 12.4. The molecule has 5 nitrogen and oxygen atoms in total. The van der Waals surface area contributed by atoms with Gasteiger partial charge in [0.2, 0.25) is 5.91 Å². The van der Waals surface area contributed by atoms with Crippen molar-refractivity contribution in [3.63, 3.8) is 0 Å². The Labute approximate surface area is 203 Å². The first-order chi connectivity index (χ1) is 16.8. The van der Waals surface area contributed by atoms with E-state index in [0.717, 1.165) is 31.4 Å². The predicted molar refractivity (Wildman–Crippen MR) is 125 cm³/mol. The van der Waals surface area contributed by atoms with Crippen molar-refractivity contribution >= 4 is 5.91 Å². The topological polar surface area (TPSA) is 61.8 Å². The van der Waals surface area contributed by atoms with E-state index in [9.17, 15) is 23.1 Å². The van der Waals surface area contributed by atoms with Crippen LogP contribution in [-0.4, -0.2) is 54.4 Å². The number of piperidine rings is 2. The third-order valence-electron chi connectivity index (χ3n) is 7.87. The Kier molecular flexibility index (Phi) is 6.42. The SMILES string of the molecule is O=C(C(c1ccccc1)C(F)(F)F)N1CCC2(CCNCC2c2c(O)cccc2OC2CC2)CC1. The highest BCUT2D eigenvalue weighted by atomic mass is 19.4.